The van der Waals surface area contributed by atoms with Gasteiger partial charge in [-0.2, -0.15) is 0 Å². The molecule has 0 spiro atoms. The van der Waals surface area contributed by atoms with E-state index in [0.29, 0.717) is 0 Å². The van der Waals surface area contributed by atoms with Crippen LogP contribution in [0.5, 0.6) is 0 Å². The molecule has 0 saturated carbocycles. The van der Waals surface area contributed by atoms with E-state index in [-0.39, 0.29) is 0 Å². The Labute approximate surface area is 270 Å². The van der Waals surface area contributed by atoms with Crippen molar-refractivity contribution in [3.63, 3.8) is 0 Å². The SMILES string of the molecule is c1cc(-c2ccc3sc4ccc5ccccc5c4c3c2)cc(-c2ccc3c(c2)c2ccccc2n3-c2ccc3ccccc3c2)c1. The third-order valence-corrected chi connectivity index (χ3v) is 10.7. The van der Waals surface area contributed by atoms with Gasteiger partial charge in [0.15, 0.2) is 0 Å². The van der Waals surface area contributed by atoms with Crippen LogP contribution in [0.15, 0.2) is 164 Å². The second-order valence-electron chi connectivity index (χ2n) is 12.2. The van der Waals surface area contributed by atoms with Gasteiger partial charge in [0.25, 0.3) is 0 Å². The maximum absolute atomic E-state index is 2.40. The molecule has 0 aliphatic rings. The van der Waals surface area contributed by atoms with Gasteiger partial charge in [0.2, 0.25) is 0 Å². The van der Waals surface area contributed by atoms with Crippen LogP contribution in [-0.2, 0) is 0 Å². The lowest BCUT2D eigenvalue weighted by Crippen LogP contribution is -1.93. The molecule has 0 unspecified atom stereocenters. The van der Waals surface area contributed by atoms with Crippen LogP contribution in [-0.4, -0.2) is 4.57 Å². The molecule has 46 heavy (non-hydrogen) atoms. The summed E-state index contributed by atoms with van der Waals surface area (Å²) in [5.74, 6) is 0. The molecule has 0 amide bonds. The van der Waals surface area contributed by atoms with E-state index in [1.54, 1.807) is 0 Å². The van der Waals surface area contributed by atoms with E-state index in [1.165, 1.54) is 91.5 Å². The second-order valence-corrected chi connectivity index (χ2v) is 13.3. The number of benzene rings is 8. The van der Waals surface area contributed by atoms with Crippen LogP contribution in [0.3, 0.4) is 0 Å². The van der Waals surface area contributed by atoms with E-state index in [9.17, 15) is 0 Å². The third-order valence-electron chi connectivity index (χ3n) is 9.55. The largest absolute Gasteiger partial charge is 0.309 e. The Balaban J connectivity index is 1.11. The number of thiophene rings is 1. The average Bonchev–Trinajstić information content (AvgIpc) is 3.67. The molecular formula is C44H27NS. The first kappa shape index (κ1) is 25.6. The summed E-state index contributed by atoms with van der Waals surface area (Å²) in [6.45, 7) is 0. The Hall–Kier alpha value is -5.70. The normalized spacial score (nSPS) is 11.9. The fourth-order valence-corrected chi connectivity index (χ4v) is 8.45. The molecule has 2 heteroatoms. The highest BCUT2D eigenvalue weighted by Gasteiger charge is 2.15. The summed E-state index contributed by atoms with van der Waals surface area (Å²) in [6.07, 6.45) is 0. The molecule has 0 bridgehead atoms. The lowest BCUT2D eigenvalue weighted by Gasteiger charge is -2.10. The summed E-state index contributed by atoms with van der Waals surface area (Å²) < 4.78 is 5.08. The van der Waals surface area contributed by atoms with Crippen molar-refractivity contribution in [3.8, 4) is 27.9 Å². The average molecular weight is 602 g/mol. The molecular weight excluding hydrogens is 575 g/mol. The fourth-order valence-electron chi connectivity index (χ4n) is 7.35. The van der Waals surface area contributed by atoms with Crippen LogP contribution in [0, 0.1) is 0 Å². The van der Waals surface area contributed by atoms with Crippen molar-refractivity contribution in [1.82, 2.24) is 4.57 Å². The third kappa shape index (κ3) is 3.87. The van der Waals surface area contributed by atoms with Gasteiger partial charge in [0, 0.05) is 36.6 Å². The molecule has 2 aromatic heterocycles. The molecule has 0 atom stereocenters. The number of fused-ring (bicyclic) bond motifs is 9. The van der Waals surface area contributed by atoms with E-state index in [1.807, 2.05) is 11.3 Å². The van der Waals surface area contributed by atoms with Gasteiger partial charge in [-0.25, -0.2) is 0 Å². The fraction of sp³-hybridized carbons (Fsp3) is 0. The lowest BCUT2D eigenvalue weighted by atomic mass is 9.96. The number of para-hydroxylation sites is 1. The van der Waals surface area contributed by atoms with Crippen molar-refractivity contribution in [2.45, 2.75) is 0 Å². The molecule has 10 rings (SSSR count). The summed E-state index contributed by atoms with van der Waals surface area (Å²) >= 11 is 1.88. The van der Waals surface area contributed by atoms with Gasteiger partial charge in [-0.15, -0.1) is 11.3 Å². The van der Waals surface area contributed by atoms with Crippen molar-refractivity contribution in [2.75, 3.05) is 0 Å². The molecule has 10 aromatic rings. The first-order chi connectivity index (χ1) is 22.8. The van der Waals surface area contributed by atoms with E-state index < -0.39 is 0 Å². The maximum Gasteiger partial charge on any atom is 0.0541 e. The summed E-state index contributed by atoms with van der Waals surface area (Å²) in [5.41, 5.74) is 8.56. The summed E-state index contributed by atoms with van der Waals surface area (Å²) in [4.78, 5) is 0. The van der Waals surface area contributed by atoms with E-state index in [0.717, 1.165) is 0 Å². The minimum atomic E-state index is 1.18. The molecule has 0 radical (unpaired) electrons. The van der Waals surface area contributed by atoms with E-state index in [2.05, 4.69) is 168 Å². The molecule has 0 N–H and O–H groups in total. The molecule has 0 fully saturated rings. The molecule has 214 valence electrons. The first-order valence-corrected chi connectivity index (χ1v) is 16.6. The quantitative estimate of drug-likeness (QED) is 0.190. The maximum atomic E-state index is 2.40. The topological polar surface area (TPSA) is 4.93 Å². The van der Waals surface area contributed by atoms with Crippen LogP contribution in [0.1, 0.15) is 0 Å². The monoisotopic (exact) mass is 601 g/mol. The zero-order valence-electron chi connectivity index (χ0n) is 24.9. The van der Waals surface area contributed by atoms with Crippen molar-refractivity contribution in [2.24, 2.45) is 0 Å². The van der Waals surface area contributed by atoms with Crippen LogP contribution in [0.25, 0.3) is 91.5 Å². The minimum Gasteiger partial charge on any atom is -0.309 e. The van der Waals surface area contributed by atoms with Gasteiger partial charge >= 0.3 is 0 Å². The molecule has 2 heterocycles. The molecule has 8 aromatic carbocycles. The van der Waals surface area contributed by atoms with Gasteiger partial charge in [-0.3, -0.25) is 0 Å². The molecule has 0 aliphatic carbocycles. The smallest absolute Gasteiger partial charge is 0.0541 e. The molecule has 0 saturated heterocycles. The molecule has 0 aliphatic heterocycles. The predicted molar refractivity (Wildman–Crippen MR) is 200 cm³/mol. The van der Waals surface area contributed by atoms with Gasteiger partial charge in [0.05, 0.1) is 11.0 Å². The van der Waals surface area contributed by atoms with Crippen molar-refractivity contribution < 1.29 is 0 Å². The summed E-state index contributed by atoms with van der Waals surface area (Å²) in [6, 6.07) is 60.3. The minimum absolute atomic E-state index is 1.18. The Morgan fingerprint density at radius 3 is 1.85 bits per heavy atom. The van der Waals surface area contributed by atoms with Crippen LogP contribution in [0.4, 0.5) is 0 Å². The Morgan fingerprint density at radius 2 is 0.978 bits per heavy atom. The zero-order chi connectivity index (χ0) is 30.2. The van der Waals surface area contributed by atoms with Gasteiger partial charge in [-0.05, 0) is 98.4 Å². The Kier molecular flexibility index (Phi) is 5.51. The number of rotatable bonds is 3. The van der Waals surface area contributed by atoms with Gasteiger partial charge < -0.3 is 4.57 Å². The van der Waals surface area contributed by atoms with E-state index >= 15 is 0 Å². The highest BCUT2D eigenvalue weighted by molar-refractivity contribution is 7.26. The Morgan fingerprint density at radius 1 is 0.348 bits per heavy atom. The van der Waals surface area contributed by atoms with Crippen molar-refractivity contribution in [3.05, 3.63) is 164 Å². The highest BCUT2D eigenvalue weighted by Crippen LogP contribution is 2.41. The summed E-state index contributed by atoms with van der Waals surface area (Å²) in [7, 11) is 0. The number of hydrogen-bond acceptors (Lipinski definition) is 1. The second kappa shape index (κ2) is 9.90. The first-order valence-electron chi connectivity index (χ1n) is 15.8. The number of nitrogens with zero attached hydrogens (tertiary/aromatic N) is 1. The summed E-state index contributed by atoms with van der Waals surface area (Å²) in [5, 5.41) is 10.4. The predicted octanol–water partition coefficient (Wildman–Crippen LogP) is 12.8. The van der Waals surface area contributed by atoms with Crippen LogP contribution < -0.4 is 0 Å². The highest BCUT2D eigenvalue weighted by atomic mass is 32.1. The van der Waals surface area contributed by atoms with Gasteiger partial charge in [0.1, 0.15) is 0 Å². The van der Waals surface area contributed by atoms with Gasteiger partial charge in [-0.1, -0.05) is 109 Å². The number of aromatic nitrogens is 1. The lowest BCUT2D eigenvalue weighted by molar-refractivity contribution is 1.19. The standard InChI is InChI=1S/C44H27NS/c1-2-10-32-25-35(20-16-28(32)8-1)45-40-15-6-5-14-37(40)38-26-33(17-21-41(38)45)30-11-7-12-31(24-30)34-19-22-42-39(27-34)44-36-13-4-3-9-29(36)18-23-43(44)46-42/h1-27H. The zero-order valence-corrected chi connectivity index (χ0v) is 25.8. The van der Waals surface area contributed by atoms with Crippen molar-refractivity contribution >= 4 is 74.9 Å². The number of hydrogen-bond donors (Lipinski definition) is 0. The van der Waals surface area contributed by atoms with Crippen LogP contribution in [0.2, 0.25) is 0 Å². The van der Waals surface area contributed by atoms with E-state index in [4.69, 9.17) is 0 Å². The van der Waals surface area contributed by atoms with Crippen LogP contribution >= 0.6 is 11.3 Å². The molecule has 1 nitrogen and oxygen atoms in total. The van der Waals surface area contributed by atoms with Crippen molar-refractivity contribution in [1.29, 1.82) is 0 Å². The Bertz CT molecular complexity index is 2810.